The minimum Gasteiger partial charge on any atom is -0.228 e. The fourth-order valence-electron chi connectivity index (χ4n) is 10.7. The molecule has 282 valence electrons. The van der Waals surface area contributed by atoms with Gasteiger partial charge in [0.1, 0.15) is 0 Å². The minimum atomic E-state index is -0.382. The highest BCUT2D eigenvalue weighted by Gasteiger charge is 2.51. The number of benzene rings is 10. The van der Waals surface area contributed by atoms with Crippen molar-refractivity contribution >= 4 is 32.3 Å². The Labute approximate surface area is 354 Å². The van der Waals surface area contributed by atoms with Crippen molar-refractivity contribution < 1.29 is 0 Å². The molecular formula is C59H36N2. The lowest BCUT2D eigenvalue weighted by Crippen LogP contribution is -2.25. The van der Waals surface area contributed by atoms with Gasteiger partial charge >= 0.3 is 0 Å². The van der Waals surface area contributed by atoms with Gasteiger partial charge in [0, 0.05) is 16.7 Å². The van der Waals surface area contributed by atoms with Crippen molar-refractivity contribution in [2.75, 3.05) is 0 Å². The topological polar surface area (TPSA) is 25.8 Å². The maximum absolute atomic E-state index is 5.37. The number of aromatic nitrogens is 2. The molecule has 1 spiro atoms. The predicted octanol–water partition coefficient (Wildman–Crippen LogP) is 14.9. The van der Waals surface area contributed by atoms with Crippen molar-refractivity contribution in [3.8, 4) is 67.3 Å². The zero-order valence-corrected chi connectivity index (χ0v) is 33.2. The van der Waals surface area contributed by atoms with Crippen LogP contribution in [0.5, 0.6) is 0 Å². The summed E-state index contributed by atoms with van der Waals surface area (Å²) in [6, 6.07) is 79.7. The molecule has 0 atom stereocenters. The summed E-state index contributed by atoms with van der Waals surface area (Å²) >= 11 is 0. The van der Waals surface area contributed by atoms with Crippen LogP contribution in [0.4, 0.5) is 0 Å². The molecule has 0 fully saturated rings. The van der Waals surface area contributed by atoms with E-state index in [2.05, 4.69) is 218 Å². The Morgan fingerprint density at radius 1 is 0.295 bits per heavy atom. The standard InChI is InChI=1S/C59H36N2/c1-2-15-38(16-3-1)54-36-55(42-32-33-53-49(35-42)48-22-10-13-25-52(48)59(53)50-23-11-8-20-46(50)47-21-9-12-24-51(47)59)61-58(60-54)40-29-27-39(28-30-40)56-45-19-7-5-17-41(45)34-43-31-26-37-14-4-6-18-44(37)57(43)56/h1-36H. The summed E-state index contributed by atoms with van der Waals surface area (Å²) < 4.78 is 0. The second-order valence-electron chi connectivity index (χ2n) is 16.4. The Kier molecular flexibility index (Phi) is 7.26. The first kappa shape index (κ1) is 34.0. The molecule has 2 heteroatoms. The largest absolute Gasteiger partial charge is 0.228 e. The van der Waals surface area contributed by atoms with Gasteiger partial charge in [-0.15, -0.1) is 0 Å². The molecule has 0 saturated carbocycles. The van der Waals surface area contributed by atoms with E-state index < -0.39 is 0 Å². The summed E-state index contributed by atoms with van der Waals surface area (Å²) in [7, 11) is 0. The maximum Gasteiger partial charge on any atom is 0.160 e. The fraction of sp³-hybridized carbons (Fsp3) is 0.0169. The van der Waals surface area contributed by atoms with E-state index in [0.717, 1.165) is 28.1 Å². The molecule has 2 nitrogen and oxygen atoms in total. The van der Waals surface area contributed by atoms with Gasteiger partial charge in [0.05, 0.1) is 16.8 Å². The van der Waals surface area contributed by atoms with Gasteiger partial charge in [-0.25, -0.2) is 9.97 Å². The third kappa shape index (κ3) is 4.91. The quantitative estimate of drug-likeness (QED) is 0.132. The Morgan fingerprint density at radius 2 is 0.803 bits per heavy atom. The van der Waals surface area contributed by atoms with Gasteiger partial charge < -0.3 is 0 Å². The zero-order valence-electron chi connectivity index (χ0n) is 33.2. The molecule has 2 aliphatic carbocycles. The van der Waals surface area contributed by atoms with Gasteiger partial charge in [-0.2, -0.15) is 0 Å². The molecule has 61 heavy (non-hydrogen) atoms. The number of hydrogen-bond acceptors (Lipinski definition) is 2. The molecule has 1 heterocycles. The van der Waals surface area contributed by atoms with E-state index in [1.54, 1.807) is 0 Å². The summed E-state index contributed by atoms with van der Waals surface area (Å²) in [6.45, 7) is 0. The number of rotatable bonds is 4. The first-order valence-corrected chi connectivity index (χ1v) is 21.1. The van der Waals surface area contributed by atoms with Crippen LogP contribution in [0, 0.1) is 0 Å². The molecular weight excluding hydrogens is 737 g/mol. The fourth-order valence-corrected chi connectivity index (χ4v) is 10.7. The molecule has 0 radical (unpaired) electrons. The average molecular weight is 773 g/mol. The molecule has 0 saturated heterocycles. The van der Waals surface area contributed by atoms with Crippen molar-refractivity contribution in [1.82, 2.24) is 9.97 Å². The maximum atomic E-state index is 5.37. The van der Waals surface area contributed by atoms with Crippen LogP contribution < -0.4 is 0 Å². The zero-order chi connectivity index (χ0) is 40.1. The Balaban J connectivity index is 0.982. The third-order valence-electron chi connectivity index (χ3n) is 13.3. The van der Waals surface area contributed by atoms with Crippen LogP contribution in [-0.2, 0) is 5.41 Å². The van der Waals surface area contributed by atoms with E-state index in [4.69, 9.17) is 9.97 Å². The van der Waals surface area contributed by atoms with Crippen LogP contribution in [0.25, 0.3) is 99.6 Å². The van der Waals surface area contributed by atoms with Crippen LogP contribution in [0.1, 0.15) is 22.3 Å². The first-order chi connectivity index (χ1) is 30.2. The first-order valence-electron chi connectivity index (χ1n) is 21.1. The lowest BCUT2D eigenvalue weighted by atomic mass is 9.70. The summed E-state index contributed by atoms with van der Waals surface area (Å²) in [5, 5.41) is 7.50. The molecule has 1 aromatic heterocycles. The van der Waals surface area contributed by atoms with Crippen molar-refractivity contribution in [2.45, 2.75) is 5.41 Å². The van der Waals surface area contributed by atoms with Gasteiger partial charge in [-0.1, -0.05) is 200 Å². The molecule has 0 amide bonds. The van der Waals surface area contributed by atoms with E-state index in [1.807, 2.05) is 0 Å². The van der Waals surface area contributed by atoms with E-state index in [0.29, 0.717) is 5.82 Å². The van der Waals surface area contributed by atoms with E-state index in [1.165, 1.54) is 88.0 Å². The second kappa shape index (κ2) is 13.0. The highest BCUT2D eigenvalue weighted by atomic mass is 14.9. The van der Waals surface area contributed by atoms with Crippen LogP contribution in [-0.4, -0.2) is 9.97 Å². The molecule has 0 N–H and O–H groups in total. The van der Waals surface area contributed by atoms with Crippen LogP contribution in [0.15, 0.2) is 218 Å². The second-order valence-corrected chi connectivity index (χ2v) is 16.4. The predicted molar refractivity (Wildman–Crippen MR) is 253 cm³/mol. The van der Waals surface area contributed by atoms with Crippen molar-refractivity contribution in [1.29, 1.82) is 0 Å². The summed E-state index contributed by atoms with van der Waals surface area (Å²) in [4.78, 5) is 10.6. The molecule has 0 unspecified atom stereocenters. The summed E-state index contributed by atoms with van der Waals surface area (Å²) in [6.07, 6.45) is 0. The van der Waals surface area contributed by atoms with Gasteiger partial charge in [0.2, 0.25) is 0 Å². The highest BCUT2D eigenvalue weighted by Crippen LogP contribution is 2.63. The third-order valence-corrected chi connectivity index (χ3v) is 13.3. The lowest BCUT2D eigenvalue weighted by Gasteiger charge is -2.30. The van der Waals surface area contributed by atoms with E-state index in [-0.39, 0.29) is 5.41 Å². The number of fused-ring (bicyclic) bond motifs is 14. The smallest absolute Gasteiger partial charge is 0.160 e. The average Bonchev–Trinajstić information content (AvgIpc) is 3.80. The number of nitrogens with zero attached hydrogens (tertiary/aromatic N) is 2. The molecule has 11 aromatic rings. The van der Waals surface area contributed by atoms with Crippen LogP contribution >= 0.6 is 0 Å². The van der Waals surface area contributed by atoms with E-state index >= 15 is 0 Å². The molecule has 2 aliphatic rings. The summed E-state index contributed by atoms with van der Waals surface area (Å²) in [5.41, 5.74) is 17.4. The van der Waals surface area contributed by atoms with E-state index in [9.17, 15) is 0 Å². The lowest BCUT2D eigenvalue weighted by molar-refractivity contribution is 0.794. The SMILES string of the molecule is c1ccc(-c2cc(-c3ccc4c(c3)-c3ccccc3C43c4ccccc4-c4ccccc43)nc(-c3ccc(-c4c5ccccc5cc5ccc6ccccc6c45)cc3)n2)cc1. The molecule has 0 bridgehead atoms. The molecule has 10 aromatic carbocycles. The van der Waals surface area contributed by atoms with Crippen LogP contribution in [0.2, 0.25) is 0 Å². The Morgan fingerprint density at radius 3 is 1.51 bits per heavy atom. The monoisotopic (exact) mass is 772 g/mol. The van der Waals surface area contributed by atoms with Crippen molar-refractivity contribution in [3.63, 3.8) is 0 Å². The van der Waals surface area contributed by atoms with Crippen molar-refractivity contribution in [3.05, 3.63) is 241 Å². The van der Waals surface area contributed by atoms with Crippen molar-refractivity contribution in [2.24, 2.45) is 0 Å². The molecule has 13 rings (SSSR count). The summed E-state index contributed by atoms with van der Waals surface area (Å²) in [5.74, 6) is 0.701. The van der Waals surface area contributed by atoms with Gasteiger partial charge in [0.15, 0.2) is 5.82 Å². The minimum absolute atomic E-state index is 0.382. The van der Waals surface area contributed by atoms with Gasteiger partial charge in [-0.05, 0) is 106 Å². The van der Waals surface area contributed by atoms with Crippen LogP contribution in [0.3, 0.4) is 0 Å². The highest BCUT2D eigenvalue weighted by molar-refractivity contribution is 6.22. The Hall–Kier alpha value is -7.94. The van der Waals surface area contributed by atoms with Gasteiger partial charge in [-0.3, -0.25) is 0 Å². The number of hydrogen-bond donors (Lipinski definition) is 0. The van der Waals surface area contributed by atoms with Gasteiger partial charge in [0.25, 0.3) is 0 Å². The molecule has 0 aliphatic heterocycles. The normalized spacial score (nSPS) is 13.0. The Bertz CT molecular complexity index is 3540.